The molecule has 0 saturated heterocycles. The molecule has 0 radical (unpaired) electrons. The van der Waals surface area contributed by atoms with E-state index >= 15 is 0 Å². The molecule has 0 aliphatic rings. The average Bonchev–Trinajstić information content (AvgIpc) is 0.811. The van der Waals surface area contributed by atoms with E-state index in [9.17, 15) is 0 Å². The van der Waals surface area contributed by atoms with Crippen molar-refractivity contribution in [3.8, 4) is 0 Å². The van der Waals surface area contributed by atoms with Crippen molar-refractivity contribution in [3.63, 3.8) is 0 Å². The van der Waals surface area contributed by atoms with E-state index in [1.54, 1.807) is 0 Å². The Hall–Kier alpha value is 3.38. The first-order valence-electron chi connectivity index (χ1n) is 0.342. The average molecular weight is 439 g/mol. The summed E-state index contributed by atoms with van der Waals surface area (Å²) in [4.78, 5) is 0. The van der Waals surface area contributed by atoms with Crippen molar-refractivity contribution in [1.82, 2.24) is 0 Å². The molecule has 0 bridgehead atoms. The van der Waals surface area contributed by atoms with Crippen LogP contribution in [0.3, 0.4) is 0 Å². The second kappa shape index (κ2) is 7.38. The maximum atomic E-state index is 4.95. The van der Waals surface area contributed by atoms with Gasteiger partial charge in [-0.05, 0) is 0 Å². The van der Waals surface area contributed by atoms with Crippen molar-refractivity contribution in [2.45, 2.75) is 0 Å². The summed E-state index contributed by atoms with van der Waals surface area (Å²) in [6, 6.07) is 0. The maximum Gasteiger partial charge on any atom is 0 e. The van der Waals surface area contributed by atoms with Crippen molar-refractivity contribution in [2.75, 3.05) is 0 Å². The topological polar surface area (TPSA) is 0 Å². The molecular formula is Cl3ErHo. The van der Waals surface area contributed by atoms with Crippen LogP contribution in [-0.2, 0) is 0 Å². The minimum absolute atomic E-state index is 0. The van der Waals surface area contributed by atoms with Gasteiger partial charge >= 0.3 is 46.6 Å². The zero-order valence-corrected chi connectivity index (χ0v) is 7.78. The molecule has 0 aliphatic heterocycles. The fraction of sp³-hybridized carbons (Fsp3) is 0. The van der Waals surface area contributed by atoms with Crippen LogP contribution in [0.15, 0.2) is 0 Å². The second-order valence-corrected chi connectivity index (χ2v) is 8.62. The van der Waals surface area contributed by atoms with Gasteiger partial charge in [-0.25, -0.2) is 0 Å². The van der Waals surface area contributed by atoms with Crippen molar-refractivity contribution >= 4 is 19.2 Å². The summed E-state index contributed by atoms with van der Waals surface area (Å²) >= 11 is -1.79. The molecule has 0 N–H and O–H groups in total. The van der Waals surface area contributed by atoms with Crippen LogP contribution in [0.2, 0.25) is 0 Å². The van der Waals surface area contributed by atoms with E-state index in [2.05, 4.69) is 0 Å². The van der Waals surface area contributed by atoms with E-state index < -0.39 is 27.4 Å². The summed E-state index contributed by atoms with van der Waals surface area (Å²) < 4.78 is 0. The van der Waals surface area contributed by atoms with Gasteiger partial charge in [0.05, 0.1) is 0 Å². The molecule has 0 atom stereocenters. The molecule has 0 aromatic carbocycles. The molecule has 0 rings (SSSR count). The first-order valence-corrected chi connectivity index (χ1v) is 7.61. The van der Waals surface area contributed by atoms with Gasteiger partial charge in [0.25, 0.3) is 0 Å². The molecule has 5 heteroatoms. The summed E-state index contributed by atoms with van der Waals surface area (Å²) in [7, 11) is 0. The maximum absolute atomic E-state index is 4.95. The van der Waals surface area contributed by atoms with Crippen LogP contribution in [0.4, 0.5) is 0 Å². The Morgan fingerprint density at radius 3 is 1.00 bits per heavy atom. The monoisotopic (exact) mass is 436 g/mol. The van der Waals surface area contributed by atoms with Crippen molar-refractivity contribution in [2.24, 2.45) is 0 Å². The molecule has 0 spiro atoms. The minimum atomic E-state index is -1.79. The third-order valence-corrected chi connectivity index (χ3v) is 0. The number of hydrogen-bond acceptors (Lipinski definition) is 0. The van der Waals surface area contributed by atoms with Gasteiger partial charge in [-0.15, -0.1) is 0 Å². The predicted octanol–water partition coefficient (Wildman–Crippen LogP) is 2.07. The Kier molecular flexibility index (Phi) is 16.5. The fourth-order valence-corrected chi connectivity index (χ4v) is 0. The van der Waals surface area contributed by atoms with Crippen LogP contribution in [0, 0.1) is 64.7 Å². The summed E-state index contributed by atoms with van der Waals surface area (Å²) in [6.45, 7) is 0. The van der Waals surface area contributed by atoms with Crippen LogP contribution in [0.25, 0.3) is 0 Å². The van der Waals surface area contributed by atoms with Crippen LogP contribution < -0.4 is 0 Å². The van der Waals surface area contributed by atoms with Crippen LogP contribution >= 0.6 is 19.2 Å². The fourth-order valence-electron chi connectivity index (χ4n) is 0. The van der Waals surface area contributed by atoms with Crippen LogP contribution in [0.1, 0.15) is 0 Å². The van der Waals surface area contributed by atoms with E-state index in [-0.39, 0.29) is 37.3 Å². The molecule has 0 unspecified atom stereocenters. The Morgan fingerprint density at radius 1 is 1.00 bits per heavy atom. The molecule has 0 fully saturated rings. The van der Waals surface area contributed by atoms with Crippen molar-refractivity contribution < 1.29 is 64.7 Å². The Balaban J connectivity index is 0. The van der Waals surface area contributed by atoms with Gasteiger partial charge in [0, 0.05) is 37.3 Å². The summed E-state index contributed by atoms with van der Waals surface area (Å²) in [5, 5.41) is 0. The van der Waals surface area contributed by atoms with Gasteiger partial charge in [0.2, 0.25) is 0 Å². The van der Waals surface area contributed by atoms with E-state index in [0.717, 1.165) is 0 Å². The van der Waals surface area contributed by atoms with Gasteiger partial charge in [0.1, 0.15) is 0 Å². The Bertz CT molecular complexity index is 11.6. The predicted molar refractivity (Wildman–Crippen MR) is 17.6 cm³/mol. The number of rotatable bonds is 0. The Morgan fingerprint density at radius 2 is 1.00 bits per heavy atom. The minimum Gasteiger partial charge on any atom is 0 e. The molecule has 0 amide bonds. The zero-order chi connectivity index (χ0) is 3.58. The second-order valence-electron chi connectivity index (χ2n) is 0.129. The standard InChI is InChI=1S/3ClH.Er.Ho/h3*1H;;/q;;;;+3/p-3. The quantitative estimate of drug-likeness (QED) is 0.508. The summed E-state index contributed by atoms with van der Waals surface area (Å²) in [6.07, 6.45) is 14.9. The van der Waals surface area contributed by atoms with Crippen LogP contribution in [-0.4, -0.2) is 0 Å². The van der Waals surface area contributed by atoms with Gasteiger partial charge in [-0.1, -0.05) is 0 Å². The first-order chi connectivity index (χ1) is 1.73. The Labute approximate surface area is 81.3 Å². The van der Waals surface area contributed by atoms with E-state index in [1.807, 2.05) is 0 Å². The van der Waals surface area contributed by atoms with Gasteiger partial charge in [-0.2, -0.15) is 0 Å². The molecule has 5 heavy (non-hydrogen) atoms. The van der Waals surface area contributed by atoms with Gasteiger partial charge < -0.3 is 0 Å². The molecule has 0 aromatic rings. The van der Waals surface area contributed by atoms with Crippen LogP contribution in [0.5, 0.6) is 0 Å². The molecule has 44 valence electrons. The molecule has 0 nitrogen and oxygen atoms in total. The number of hydrogen-bond donors (Lipinski definition) is 0. The third-order valence-electron chi connectivity index (χ3n) is 0. The largest absolute Gasteiger partial charge is 0 e. The van der Waals surface area contributed by atoms with Gasteiger partial charge in [-0.3, -0.25) is 0 Å². The van der Waals surface area contributed by atoms with E-state index in [0.29, 0.717) is 0 Å². The van der Waals surface area contributed by atoms with Gasteiger partial charge in [0.15, 0.2) is 0 Å². The molecule has 0 saturated carbocycles. The smallest absolute Gasteiger partial charge is 0 e. The SMILES string of the molecule is [Cl][Ho]([Cl])[Cl].[Er]. The summed E-state index contributed by atoms with van der Waals surface area (Å²) in [5.74, 6) is 0. The summed E-state index contributed by atoms with van der Waals surface area (Å²) in [5.41, 5.74) is 0. The number of halogens is 3. The molecule has 0 aliphatic carbocycles. The van der Waals surface area contributed by atoms with Crippen molar-refractivity contribution in [3.05, 3.63) is 0 Å². The molecule has 0 heterocycles. The molecular weight excluding hydrogens is 439 g/mol. The van der Waals surface area contributed by atoms with Crippen molar-refractivity contribution in [1.29, 1.82) is 0 Å². The third kappa shape index (κ3) is 18.7. The normalized spacial score (nSPS) is 9.00. The van der Waals surface area contributed by atoms with E-state index in [1.165, 1.54) is 0 Å². The zero-order valence-electron chi connectivity index (χ0n) is 1.72. The first kappa shape index (κ1) is 11.2. The van der Waals surface area contributed by atoms with E-state index in [4.69, 9.17) is 19.2 Å². The molecule has 0 aromatic heterocycles.